The monoisotopic (exact) mass is 404 g/mol. The zero-order chi connectivity index (χ0) is 20.8. The highest BCUT2D eigenvalue weighted by atomic mass is 32.2. The summed E-state index contributed by atoms with van der Waals surface area (Å²) >= 11 is 1.21. The van der Waals surface area contributed by atoms with Gasteiger partial charge in [-0.3, -0.25) is 9.59 Å². The van der Waals surface area contributed by atoms with Crippen molar-refractivity contribution in [2.24, 2.45) is 0 Å². The van der Waals surface area contributed by atoms with E-state index in [0.29, 0.717) is 11.0 Å². The molecule has 1 aromatic heterocycles. The third-order valence-electron chi connectivity index (χ3n) is 4.80. The van der Waals surface area contributed by atoms with Gasteiger partial charge in [0.15, 0.2) is 0 Å². The molecule has 3 N–H and O–H groups in total. The lowest BCUT2D eigenvalue weighted by Crippen LogP contribution is -2.44. The lowest BCUT2D eigenvalue weighted by molar-refractivity contribution is -0.134. The van der Waals surface area contributed by atoms with E-state index in [-0.39, 0.29) is 30.2 Å². The second-order valence-electron chi connectivity index (χ2n) is 6.76. The van der Waals surface area contributed by atoms with Crippen LogP contribution < -0.4 is 11.2 Å². The quantitative estimate of drug-likeness (QED) is 0.516. The standard InChI is InChI=1S/C19H28N6O2S/c1-6-13(3)24(18(27)11-28-19-23-22-15(5)25(19)20)10-17(26)21-16-9-7-8-12(2)14(16)4/h7-9,13H,6,10-11,20H2,1-5H3,(H,21,26)/t13-/m0/s1. The van der Waals surface area contributed by atoms with E-state index >= 15 is 0 Å². The molecule has 0 bridgehead atoms. The third kappa shape index (κ3) is 5.25. The van der Waals surface area contributed by atoms with Gasteiger partial charge in [-0.15, -0.1) is 10.2 Å². The largest absolute Gasteiger partial charge is 0.336 e. The lowest BCUT2D eigenvalue weighted by atomic mass is 10.1. The highest BCUT2D eigenvalue weighted by Gasteiger charge is 2.23. The fourth-order valence-electron chi connectivity index (χ4n) is 2.60. The van der Waals surface area contributed by atoms with E-state index in [2.05, 4.69) is 15.5 Å². The number of aromatic nitrogens is 3. The number of amides is 2. The third-order valence-corrected chi connectivity index (χ3v) is 5.72. The van der Waals surface area contributed by atoms with E-state index in [1.165, 1.54) is 16.4 Å². The molecule has 1 heterocycles. The number of anilines is 1. The minimum atomic E-state index is -0.217. The average molecular weight is 405 g/mol. The zero-order valence-corrected chi connectivity index (χ0v) is 17.8. The summed E-state index contributed by atoms with van der Waals surface area (Å²) in [7, 11) is 0. The van der Waals surface area contributed by atoms with Crippen molar-refractivity contribution in [3.63, 3.8) is 0 Å². The topological polar surface area (TPSA) is 106 Å². The Labute approximate surface area is 169 Å². The molecule has 2 rings (SSSR count). The number of hydrogen-bond acceptors (Lipinski definition) is 6. The zero-order valence-electron chi connectivity index (χ0n) is 17.0. The Hall–Kier alpha value is -2.55. The summed E-state index contributed by atoms with van der Waals surface area (Å²) in [4.78, 5) is 27.0. The van der Waals surface area contributed by atoms with Gasteiger partial charge < -0.3 is 16.1 Å². The van der Waals surface area contributed by atoms with Crippen LogP contribution in [-0.2, 0) is 9.59 Å². The van der Waals surface area contributed by atoms with Crippen molar-refractivity contribution in [2.75, 3.05) is 23.5 Å². The minimum absolute atomic E-state index is 0.00384. The number of aryl methyl sites for hydroxylation is 2. The fourth-order valence-corrected chi connectivity index (χ4v) is 3.39. The van der Waals surface area contributed by atoms with E-state index in [1.807, 2.05) is 45.9 Å². The molecule has 9 heteroatoms. The maximum atomic E-state index is 12.8. The number of nitrogen functional groups attached to an aromatic ring is 1. The molecule has 0 aliphatic heterocycles. The smallest absolute Gasteiger partial charge is 0.244 e. The van der Waals surface area contributed by atoms with Crippen molar-refractivity contribution in [1.29, 1.82) is 0 Å². The van der Waals surface area contributed by atoms with Crippen LogP contribution in [0.25, 0.3) is 0 Å². The van der Waals surface area contributed by atoms with Gasteiger partial charge in [0, 0.05) is 11.7 Å². The van der Waals surface area contributed by atoms with E-state index in [9.17, 15) is 9.59 Å². The molecule has 0 saturated heterocycles. The number of nitrogens with two attached hydrogens (primary N) is 1. The lowest BCUT2D eigenvalue weighted by Gasteiger charge is -2.28. The molecule has 2 aromatic rings. The van der Waals surface area contributed by atoms with Crippen molar-refractivity contribution in [3.8, 4) is 0 Å². The van der Waals surface area contributed by atoms with Crippen LogP contribution >= 0.6 is 11.8 Å². The summed E-state index contributed by atoms with van der Waals surface area (Å²) in [5.41, 5.74) is 2.89. The number of thioether (sulfide) groups is 1. The molecule has 0 fully saturated rings. The maximum absolute atomic E-state index is 12.8. The number of nitrogens with one attached hydrogen (secondary N) is 1. The van der Waals surface area contributed by atoms with Gasteiger partial charge in [0.05, 0.1) is 5.75 Å². The molecular weight excluding hydrogens is 376 g/mol. The van der Waals surface area contributed by atoms with Crippen LogP contribution in [0.3, 0.4) is 0 Å². The Morgan fingerprint density at radius 1 is 1.29 bits per heavy atom. The van der Waals surface area contributed by atoms with E-state index in [1.54, 1.807) is 11.8 Å². The van der Waals surface area contributed by atoms with Gasteiger partial charge >= 0.3 is 0 Å². The van der Waals surface area contributed by atoms with Gasteiger partial charge in [-0.25, -0.2) is 4.68 Å². The fraction of sp³-hybridized carbons (Fsp3) is 0.474. The predicted octanol–water partition coefficient (Wildman–Crippen LogP) is 2.28. The molecule has 0 radical (unpaired) electrons. The first-order valence-corrected chi connectivity index (χ1v) is 10.2. The SMILES string of the molecule is CC[C@H](C)N(CC(=O)Nc1cccc(C)c1C)C(=O)CSc1nnc(C)n1N. The molecule has 0 aliphatic carbocycles. The highest BCUT2D eigenvalue weighted by molar-refractivity contribution is 7.99. The van der Waals surface area contributed by atoms with E-state index in [0.717, 1.165) is 23.2 Å². The van der Waals surface area contributed by atoms with Crippen LogP contribution in [0, 0.1) is 20.8 Å². The van der Waals surface area contributed by atoms with Crippen LogP contribution in [0.4, 0.5) is 5.69 Å². The van der Waals surface area contributed by atoms with Crippen molar-refractivity contribution in [2.45, 2.75) is 52.2 Å². The first-order valence-electron chi connectivity index (χ1n) is 9.20. The molecule has 0 unspecified atom stereocenters. The van der Waals surface area contributed by atoms with Gasteiger partial charge in [0.25, 0.3) is 0 Å². The van der Waals surface area contributed by atoms with Gasteiger partial charge in [0.1, 0.15) is 12.4 Å². The summed E-state index contributed by atoms with van der Waals surface area (Å²) in [5.74, 6) is 6.17. The first-order chi connectivity index (χ1) is 13.2. The molecule has 0 aliphatic rings. The summed E-state index contributed by atoms with van der Waals surface area (Å²) in [6.07, 6.45) is 0.749. The van der Waals surface area contributed by atoms with Crippen LogP contribution in [0.2, 0.25) is 0 Å². The van der Waals surface area contributed by atoms with Crippen LogP contribution in [0.15, 0.2) is 23.4 Å². The Kier molecular flexibility index (Phi) is 7.45. The average Bonchev–Trinajstić information content (AvgIpc) is 2.99. The Balaban J connectivity index is 2.03. The van der Waals surface area contributed by atoms with Crippen LogP contribution in [0.1, 0.15) is 37.2 Å². The van der Waals surface area contributed by atoms with Crippen molar-refractivity contribution >= 4 is 29.3 Å². The molecule has 2 amide bonds. The molecule has 1 aromatic carbocycles. The summed E-state index contributed by atoms with van der Waals surface area (Å²) in [6.45, 7) is 9.61. The molecule has 152 valence electrons. The second-order valence-corrected chi connectivity index (χ2v) is 7.71. The molecule has 8 nitrogen and oxygen atoms in total. The number of carbonyl (C=O) groups excluding carboxylic acids is 2. The number of carbonyl (C=O) groups is 2. The van der Waals surface area contributed by atoms with E-state index in [4.69, 9.17) is 5.84 Å². The van der Waals surface area contributed by atoms with Gasteiger partial charge in [-0.2, -0.15) is 0 Å². The van der Waals surface area contributed by atoms with Crippen LogP contribution in [-0.4, -0.2) is 49.9 Å². The number of benzene rings is 1. The van der Waals surface area contributed by atoms with Gasteiger partial charge in [-0.05, 0) is 51.3 Å². The van der Waals surface area contributed by atoms with E-state index < -0.39 is 0 Å². The number of nitrogens with zero attached hydrogens (tertiary/aromatic N) is 4. The normalized spacial score (nSPS) is 11.9. The van der Waals surface area contributed by atoms with Crippen molar-refractivity contribution in [3.05, 3.63) is 35.2 Å². The van der Waals surface area contributed by atoms with Gasteiger partial charge in [-0.1, -0.05) is 30.8 Å². The number of rotatable bonds is 8. The molecule has 0 spiro atoms. The summed E-state index contributed by atoms with van der Waals surface area (Å²) in [5, 5.41) is 11.2. The molecule has 28 heavy (non-hydrogen) atoms. The maximum Gasteiger partial charge on any atom is 0.244 e. The van der Waals surface area contributed by atoms with Crippen molar-refractivity contribution < 1.29 is 9.59 Å². The van der Waals surface area contributed by atoms with Gasteiger partial charge in [0.2, 0.25) is 17.0 Å². The second kappa shape index (κ2) is 9.59. The summed E-state index contributed by atoms with van der Waals surface area (Å²) < 4.78 is 1.35. The predicted molar refractivity (Wildman–Crippen MR) is 112 cm³/mol. The van der Waals surface area contributed by atoms with Crippen molar-refractivity contribution in [1.82, 2.24) is 19.8 Å². The Bertz CT molecular complexity index is 851. The number of hydrogen-bond donors (Lipinski definition) is 2. The van der Waals surface area contributed by atoms with Crippen LogP contribution in [0.5, 0.6) is 0 Å². The minimum Gasteiger partial charge on any atom is -0.336 e. The summed E-state index contributed by atoms with van der Waals surface area (Å²) in [6, 6.07) is 5.70. The molecule has 1 atom stereocenters. The first kappa shape index (κ1) is 21.7. The Morgan fingerprint density at radius 2 is 2.00 bits per heavy atom. The molecular formula is C19H28N6O2S. The molecule has 0 saturated carbocycles. The Morgan fingerprint density at radius 3 is 2.61 bits per heavy atom. The highest BCUT2D eigenvalue weighted by Crippen LogP contribution is 2.19.